The van der Waals surface area contributed by atoms with Crippen molar-refractivity contribution in [2.24, 2.45) is 0 Å². The highest BCUT2D eigenvalue weighted by atomic mass is 35.5. The predicted molar refractivity (Wildman–Crippen MR) is 79.4 cm³/mol. The molecule has 1 N–H and O–H groups in total. The van der Waals surface area contributed by atoms with Crippen LogP contribution in [0, 0.1) is 0 Å². The number of methoxy groups -OCH3 is 2. The van der Waals surface area contributed by atoms with Crippen LogP contribution in [-0.2, 0) is 17.8 Å². The van der Waals surface area contributed by atoms with Crippen LogP contribution in [0.4, 0.5) is 5.69 Å². The van der Waals surface area contributed by atoms with Crippen molar-refractivity contribution in [1.29, 1.82) is 0 Å². The molecule has 1 aromatic carbocycles. The third kappa shape index (κ3) is 3.88. The van der Waals surface area contributed by atoms with Crippen LogP contribution in [0.5, 0.6) is 5.75 Å². The van der Waals surface area contributed by atoms with Gasteiger partial charge in [0.1, 0.15) is 5.75 Å². The molecule has 108 valence electrons. The molecule has 0 aliphatic heterocycles. The molecular weight excluding hydrogens is 278 g/mol. The first-order chi connectivity index (χ1) is 9.72. The van der Waals surface area contributed by atoms with Gasteiger partial charge in [-0.25, -0.2) is 0 Å². The largest absolute Gasteiger partial charge is 0.495 e. The number of ether oxygens (including phenoxy) is 2. The molecule has 0 aliphatic rings. The Kier molecular flexibility index (Phi) is 5.26. The van der Waals surface area contributed by atoms with Crippen LogP contribution in [-0.4, -0.2) is 30.6 Å². The number of hydrogen-bond acceptors (Lipinski definition) is 4. The second-order valence-electron chi connectivity index (χ2n) is 4.31. The highest BCUT2D eigenvalue weighted by Gasteiger charge is 2.03. The Balaban J connectivity index is 1.91. The van der Waals surface area contributed by atoms with Crippen molar-refractivity contribution in [2.45, 2.75) is 13.1 Å². The van der Waals surface area contributed by atoms with E-state index in [2.05, 4.69) is 10.4 Å². The van der Waals surface area contributed by atoms with E-state index in [1.165, 1.54) is 0 Å². The van der Waals surface area contributed by atoms with Crippen molar-refractivity contribution in [3.05, 3.63) is 41.2 Å². The minimum atomic E-state index is 0.614. The number of benzene rings is 1. The lowest BCUT2D eigenvalue weighted by molar-refractivity contribution is 0.183. The van der Waals surface area contributed by atoms with Gasteiger partial charge >= 0.3 is 0 Å². The number of rotatable bonds is 7. The Morgan fingerprint density at radius 1 is 1.35 bits per heavy atom. The van der Waals surface area contributed by atoms with Crippen LogP contribution in [0.15, 0.2) is 30.6 Å². The second-order valence-corrected chi connectivity index (χ2v) is 4.71. The van der Waals surface area contributed by atoms with E-state index < -0.39 is 0 Å². The Bertz CT molecular complexity index is 557. The summed E-state index contributed by atoms with van der Waals surface area (Å²) >= 11 is 6.09. The van der Waals surface area contributed by atoms with E-state index >= 15 is 0 Å². The Morgan fingerprint density at radius 2 is 2.20 bits per heavy atom. The molecule has 5 nitrogen and oxygen atoms in total. The first kappa shape index (κ1) is 14.7. The summed E-state index contributed by atoms with van der Waals surface area (Å²) in [5, 5.41) is 8.15. The van der Waals surface area contributed by atoms with Crippen LogP contribution in [0.25, 0.3) is 0 Å². The normalized spacial score (nSPS) is 10.6. The highest BCUT2D eigenvalue weighted by molar-refractivity contribution is 6.32. The molecule has 0 fully saturated rings. The maximum absolute atomic E-state index is 6.09. The van der Waals surface area contributed by atoms with Crippen molar-refractivity contribution in [2.75, 3.05) is 26.1 Å². The lowest BCUT2D eigenvalue weighted by Crippen LogP contribution is -2.04. The Morgan fingerprint density at radius 3 is 2.90 bits per heavy atom. The summed E-state index contributed by atoms with van der Waals surface area (Å²) in [6.07, 6.45) is 3.74. The smallest absolute Gasteiger partial charge is 0.137 e. The van der Waals surface area contributed by atoms with E-state index in [4.69, 9.17) is 21.1 Å². The van der Waals surface area contributed by atoms with E-state index in [0.717, 1.165) is 17.8 Å². The van der Waals surface area contributed by atoms with Crippen LogP contribution < -0.4 is 10.1 Å². The Labute approximate surface area is 123 Å². The third-order valence-corrected chi connectivity index (χ3v) is 3.17. The summed E-state index contributed by atoms with van der Waals surface area (Å²) < 4.78 is 12.0. The number of nitrogens with zero attached hydrogens (tertiary/aromatic N) is 2. The second kappa shape index (κ2) is 7.17. The van der Waals surface area contributed by atoms with E-state index in [9.17, 15) is 0 Å². The zero-order chi connectivity index (χ0) is 14.4. The molecule has 6 heteroatoms. The molecule has 0 saturated carbocycles. The monoisotopic (exact) mass is 295 g/mol. The minimum absolute atomic E-state index is 0.614. The first-order valence-electron chi connectivity index (χ1n) is 6.30. The van der Waals surface area contributed by atoms with Crippen molar-refractivity contribution in [3.8, 4) is 5.75 Å². The van der Waals surface area contributed by atoms with Gasteiger partial charge in [-0.3, -0.25) is 4.68 Å². The number of aromatic nitrogens is 2. The molecule has 0 radical (unpaired) electrons. The number of hydrogen-bond donors (Lipinski definition) is 1. The number of nitrogens with one attached hydrogen (secondary N) is 1. The molecule has 1 aromatic heterocycles. The van der Waals surface area contributed by atoms with Gasteiger partial charge in [0.25, 0.3) is 0 Å². The topological polar surface area (TPSA) is 48.3 Å². The van der Waals surface area contributed by atoms with Crippen molar-refractivity contribution < 1.29 is 9.47 Å². The van der Waals surface area contributed by atoms with Gasteiger partial charge in [-0.05, 0) is 17.7 Å². The molecule has 2 rings (SSSR count). The minimum Gasteiger partial charge on any atom is -0.495 e. The van der Waals surface area contributed by atoms with Crippen molar-refractivity contribution in [1.82, 2.24) is 9.78 Å². The zero-order valence-corrected chi connectivity index (χ0v) is 12.4. The molecule has 0 spiro atoms. The fraction of sp³-hybridized carbons (Fsp3) is 0.357. The number of halogens is 1. The SMILES string of the molecule is COCCn1cc(NCc2ccc(OC)c(Cl)c2)cn1. The van der Waals surface area contributed by atoms with Crippen LogP contribution in [0.1, 0.15) is 5.56 Å². The van der Waals surface area contributed by atoms with Gasteiger partial charge in [0.05, 0.1) is 37.2 Å². The summed E-state index contributed by atoms with van der Waals surface area (Å²) in [4.78, 5) is 0. The van der Waals surface area contributed by atoms with Crippen LogP contribution in [0.3, 0.4) is 0 Å². The summed E-state index contributed by atoms with van der Waals surface area (Å²) in [6, 6.07) is 5.73. The van der Waals surface area contributed by atoms with E-state index in [0.29, 0.717) is 23.9 Å². The van der Waals surface area contributed by atoms with Gasteiger partial charge in [0.2, 0.25) is 0 Å². The van der Waals surface area contributed by atoms with Gasteiger partial charge in [-0.2, -0.15) is 5.10 Å². The standard InChI is InChI=1S/C14H18ClN3O2/c1-19-6-5-18-10-12(9-17-18)16-8-11-3-4-14(20-2)13(15)7-11/h3-4,7,9-10,16H,5-6,8H2,1-2H3. The summed E-state index contributed by atoms with van der Waals surface area (Å²) in [5.74, 6) is 0.683. The van der Waals surface area contributed by atoms with Crippen molar-refractivity contribution in [3.63, 3.8) is 0 Å². The lowest BCUT2D eigenvalue weighted by atomic mass is 10.2. The average molecular weight is 296 g/mol. The maximum Gasteiger partial charge on any atom is 0.137 e. The molecule has 0 bridgehead atoms. The molecule has 1 heterocycles. The predicted octanol–water partition coefficient (Wildman–Crippen LogP) is 2.80. The summed E-state index contributed by atoms with van der Waals surface area (Å²) in [6.45, 7) is 2.07. The van der Waals surface area contributed by atoms with Gasteiger partial charge < -0.3 is 14.8 Å². The van der Waals surface area contributed by atoms with E-state index in [-0.39, 0.29) is 0 Å². The van der Waals surface area contributed by atoms with Gasteiger partial charge in [0, 0.05) is 19.9 Å². The van der Waals surface area contributed by atoms with Gasteiger partial charge in [-0.1, -0.05) is 17.7 Å². The quantitative estimate of drug-likeness (QED) is 0.853. The van der Waals surface area contributed by atoms with Crippen molar-refractivity contribution >= 4 is 17.3 Å². The fourth-order valence-electron chi connectivity index (χ4n) is 1.79. The average Bonchev–Trinajstić information content (AvgIpc) is 2.91. The zero-order valence-electron chi connectivity index (χ0n) is 11.6. The number of anilines is 1. The first-order valence-corrected chi connectivity index (χ1v) is 6.68. The fourth-order valence-corrected chi connectivity index (χ4v) is 2.07. The third-order valence-electron chi connectivity index (χ3n) is 2.87. The molecule has 0 amide bonds. The maximum atomic E-state index is 6.09. The molecule has 0 saturated heterocycles. The van der Waals surface area contributed by atoms with Gasteiger partial charge in [0.15, 0.2) is 0 Å². The lowest BCUT2D eigenvalue weighted by Gasteiger charge is -2.07. The van der Waals surface area contributed by atoms with E-state index in [1.54, 1.807) is 20.4 Å². The molecule has 20 heavy (non-hydrogen) atoms. The highest BCUT2D eigenvalue weighted by Crippen LogP contribution is 2.25. The molecule has 0 aliphatic carbocycles. The van der Waals surface area contributed by atoms with Gasteiger partial charge in [-0.15, -0.1) is 0 Å². The van der Waals surface area contributed by atoms with Crippen LogP contribution >= 0.6 is 11.6 Å². The van der Waals surface area contributed by atoms with Crippen LogP contribution in [0.2, 0.25) is 5.02 Å². The Hall–Kier alpha value is -1.72. The molecule has 2 aromatic rings. The summed E-state index contributed by atoms with van der Waals surface area (Å²) in [7, 11) is 3.28. The summed E-state index contributed by atoms with van der Waals surface area (Å²) in [5.41, 5.74) is 2.05. The molecular formula is C14H18ClN3O2. The van der Waals surface area contributed by atoms with E-state index in [1.807, 2.05) is 29.1 Å². The molecule has 0 atom stereocenters. The molecule has 0 unspecified atom stereocenters.